The number of rotatable bonds is 6. The summed E-state index contributed by atoms with van der Waals surface area (Å²) in [7, 11) is 0.597. The second-order valence-corrected chi connectivity index (χ2v) is 7.02. The molecule has 1 atom stereocenters. The van der Waals surface area contributed by atoms with E-state index in [1.54, 1.807) is 0 Å². The van der Waals surface area contributed by atoms with Crippen molar-refractivity contribution in [3.63, 3.8) is 0 Å². The highest BCUT2D eigenvalue weighted by Gasteiger charge is 2.29. The Labute approximate surface area is 109 Å². The summed E-state index contributed by atoms with van der Waals surface area (Å²) in [5, 5.41) is 8.52. The summed E-state index contributed by atoms with van der Waals surface area (Å²) in [6, 6.07) is 0.257. The van der Waals surface area contributed by atoms with Gasteiger partial charge in [-0.25, -0.2) is 12.7 Å². The molecule has 7 heteroatoms. The van der Waals surface area contributed by atoms with Crippen molar-refractivity contribution >= 4 is 16.0 Å². The van der Waals surface area contributed by atoms with Crippen molar-refractivity contribution in [2.24, 2.45) is 0 Å². The Morgan fingerprint density at radius 2 is 2.11 bits per heavy atom. The van der Waals surface area contributed by atoms with E-state index in [9.17, 15) is 13.2 Å². The number of piperidine rings is 1. The van der Waals surface area contributed by atoms with Gasteiger partial charge >= 0.3 is 5.97 Å². The third-order valence-corrected chi connectivity index (χ3v) is 5.20. The first-order chi connectivity index (χ1) is 8.33. The molecule has 1 aliphatic heterocycles. The lowest BCUT2D eigenvalue weighted by molar-refractivity contribution is -0.137. The van der Waals surface area contributed by atoms with Crippen molar-refractivity contribution in [3.8, 4) is 0 Å². The quantitative estimate of drug-likeness (QED) is 0.751. The fourth-order valence-corrected chi connectivity index (χ4v) is 3.70. The summed E-state index contributed by atoms with van der Waals surface area (Å²) in [6.07, 6.45) is 1.96. The predicted molar refractivity (Wildman–Crippen MR) is 68.9 cm³/mol. The highest BCUT2D eigenvalue weighted by Crippen LogP contribution is 2.17. The lowest BCUT2D eigenvalue weighted by atomic mass is 10.1. The number of likely N-dealkylation sites (N-methyl/N-ethyl adjacent to an activating group) is 1. The molecule has 0 aliphatic carbocycles. The zero-order valence-corrected chi connectivity index (χ0v) is 11.8. The van der Waals surface area contributed by atoms with E-state index in [1.165, 1.54) is 4.31 Å². The topological polar surface area (TPSA) is 77.9 Å². The molecule has 0 aromatic rings. The van der Waals surface area contributed by atoms with E-state index in [1.807, 2.05) is 19.0 Å². The maximum Gasteiger partial charge on any atom is 0.303 e. The summed E-state index contributed by atoms with van der Waals surface area (Å²) in [4.78, 5) is 12.4. The Kier molecular flexibility index (Phi) is 5.55. The van der Waals surface area contributed by atoms with Crippen molar-refractivity contribution in [2.45, 2.75) is 31.7 Å². The molecule has 0 aromatic heterocycles. The molecule has 0 amide bonds. The Bertz CT molecular complexity index is 381. The molecule has 1 fully saturated rings. The third-order valence-electron chi connectivity index (χ3n) is 3.28. The molecule has 1 unspecified atom stereocenters. The number of carboxylic acid groups (broad SMARTS) is 1. The SMILES string of the molecule is CN(C)C1CCCN(S(=O)(=O)CCCC(=O)O)C1. The minimum atomic E-state index is -3.30. The van der Waals surface area contributed by atoms with Crippen LogP contribution in [0.25, 0.3) is 0 Å². The smallest absolute Gasteiger partial charge is 0.303 e. The van der Waals surface area contributed by atoms with Crippen LogP contribution in [0.5, 0.6) is 0 Å². The normalized spacial score (nSPS) is 22.3. The largest absolute Gasteiger partial charge is 0.481 e. The summed E-state index contributed by atoms with van der Waals surface area (Å²) in [5.41, 5.74) is 0. The van der Waals surface area contributed by atoms with Gasteiger partial charge in [0.15, 0.2) is 0 Å². The van der Waals surface area contributed by atoms with Gasteiger partial charge in [-0.3, -0.25) is 4.79 Å². The number of carboxylic acids is 1. The van der Waals surface area contributed by atoms with E-state index < -0.39 is 16.0 Å². The van der Waals surface area contributed by atoms with E-state index in [4.69, 9.17) is 5.11 Å². The van der Waals surface area contributed by atoms with Gasteiger partial charge in [0.2, 0.25) is 10.0 Å². The standard InChI is InChI=1S/C11H22N2O4S/c1-12(2)10-5-3-7-13(9-10)18(16,17)8-4-6-11(14)15/h10H,3-9H2,1-2H3,(H,14,15). The first kappa shape index (κ1) is 15.4. The molecule has 0 radical (unpaired) electrons. The molecule has 1 saturated heterocycles. The second kappa shape index (κ2) is 6.49. The molecule has 6 nitrogen and oxygen atoms in total. The summed E-state index contributed by atoms with van der Waals surface area (Å²) >= 11 is 0. The van der Waals surface area contributed by atoms with Crippen LogP contribution in [-0.4, -0.2) is 67.7 Å². The Hall–Kier alpha value is -0.660. The maximum absolute atomic E-state index is 12.0. The van der Waals surface area contributed by atoms with Gasteiger partial charge in [0.25, 0.3) is 0 Å². The van der Waals surface area contributed by atoms with Crippen LogP contribution in [0, 0.1) is 0 Å². The minimum absolute atomic E-state index is 0.0700. The number of nitrogens with zero attached hydrogens (tertiary/aromatic N) is 2. The minimum Gasteiger partial charge on any atom is -0.481 e. The zero-order chi connectivity index (χ0) is 13.8. The fourth-order valence-electron chi connectivity index (χ4n) is 2.13. The van der Waals surface area contributed by atoms with Crippen LogP contribution in [0.15, 0.2) is 0 Å². The lowest BCUT2D eigenvalue weighted by Crippen LogP contribution is -2.48. The van der Waals surface area contributed by atoms with Crippen molar-refractivity contribution in [3.05, 3.63) is 0 Å². The third kappa shape index (κ3) is 4.55. The van der Waals surface area contributed by atoms with E-state index in [2.05, 4.69) is 0 Å². The average Bonchev–Trinajstić information content (AvgIpc) is 2.28. The van der Waals surface area contributed by atoms with Crippen LogP contribution in [0.2, 0.25) is 0 Å². The number of hydrogen-bond donors (Lipinski definition) is 1. The van der Waals surface area contributed by atoms with Crippen LogP contribution >= 0.6 is 0 Å². The number of carbonyl (C=O) groups is 1. The monoisotopic (exact) mass is 278 g/mol. The first-order valence-corrected chi connectivity index (χ1v) is 7.80. The van der Waals surface area contributed by atoms with Gasteiger partial charge in [0.05, 0.1) is 5.75 Å². The van der Waals surface area contributed by atoms with Gasteiger partial charge in [0.1, 0.15) is 0 Å². The summed E-state index contributed by atoms with van der Waals surface area (Å²) in [6.45, 7) is 1.07. The Balaban J connectivity index is 2.53. The molecule has 1 N–H and O–H groups in total. The summed E-state index contributed by atoms with van der Waals surface area (Å²) in [5.74, 6) is -1.02. The summed E-state index contributed by atoms with van der Waals surface area (Å²) < 4.78 is 25.6. The molecule has 106 valence electrons. The van der Waals surface area contributed by atoms with Crippen LogP contribution in [0.4, 0.5) is 0 Å². The Morgan fingerprint density at radius 1 is 1.44 bits per heavy atom. The van der Waals surface area contributed by atoms with Gasteiger partial charge < -0.3 is 10.0 Å². The number of hydrogen-bond acceptors (Lipinski definition) is 4. The molecule has 0 saturated carbocycles. The van der Waals surface area contributed by atoms with Gasteiger partial charge in [-0.1, -0.05) is 0 Å². The van der Waals surface area contributed by atoms with E-state index in [-0.39, 0.29) is 24.6 Å². The molecular weight excluding hydrogens is 256 g/mol. The zero-order valence-electron chi connectivity index (χ0n) is 11.0. The van der Waals surface area contributed by atoms with Crippen LogP contribution in [0.1, 0.15) is 25.7 Å². The molecule has 0 bridgehead atoms. The van der Waals surface area contributed by atoms with Gasteiger partial charge in [-0.15, -0.1) is 0 Å². The number of sulfonamides is 1. The highest BCUT2D eigenvalue weighted by molar-refractivity contribution is 7.89. The molecule has 1 aliphatic rings. The average molecular weight is 278 g/mol. The predicted octanol–water partition coefficient (Wildman–Crippen LogP) is 0.207. The molecule has 0 aromatic carbocycles. The van der Waals surface area contributed by atoms with Crippen molar-refractivity contribution in [2.75, 3.05) is 32.9 Å². The van der Waals surface area contributed by atoms with Crippen LogP contribution < -0.4 is 0 Å². The highest BCUT2D eigenvalue weighted by atomic mass is 32.2. The van der Waals surface area contributed by atoms with Crippen molar-refractivity contribution in [1.29, 1.82) is 0 Å². The second-order valence-electron chi connectivity index (χ2n) is 4.93. The molecule has 1 heterocycles. The van der Waals surface area contributed by atoms with Crippen molar-refractivity contribution in [1.82, 2.24) is 9.21 Å². The van der Waals surface area contributed by atoms with E-state index in [0.29, 0.717) is 13.1 Å². The molecule has 0 spiro atoms. The first-order valence-electron chi connectivity index (χ1n) is 6.19. The molecule has 18 heavy (non-hydrogen) atoms. The van der Waals surface area contributed by atoms with Crippen molar-refractivity contribution < 1.29 is 18.3 Å². The fraction of sp³-hybridized carbons (Fsp3) is 0.909. The Morgan fingerprint density at radius 3 is 2.67 bits per heavy atom. The van der Waals surface area contributed by atoms with Gasteiger partial charge in [0, 0.05) is 25.6 Å². The maximum atomic E-state index is 12.0. The van der Waals surface area contributed by atoms with E-state index >= 15 is 0 Å². The van der Waals surface area contributed by atoms with E-state index in [0.717, 1.165) is 12.8 Å². The number of aliphatic carboxylic acids is 1. The van der Waals surface area contributed by atoms with Gasteiger partial charge in [-0.2, -0.15) is 0 Å². The molecular formula is C11H22N2O4S. The lowest BCUT2D eigenvalue weighted by Gasteiger charge is -2.35. The van der Waals surface area contributed by atoms with Crippen LogP contribution in [-0.2, 0) is 14.8 Å². The van der Waals surface area contributed by atoms with Gasteiger partial charge in [-0.05, 0) is 33.4 Å². The molecule has 1 rings (SSSR count). The van der Waals surface area contributed by atoms with Crippen LogP contribution in [0.3, 0.4) is 0 Å².